The third-order valence-corrected chi connectivity index (χ3v) is 3.97. The first-order valence-electron chi connectivity index (χ1n) is 6.60. The van der Waals surface area contributed by atoms with Gasteiger partial charge in [0.05, 0.1) is 31.6 Å². The lowest BCUT2D eigenvalue weighted by molar-refractivity contribution is 0.0771. The number of thiophene rings is 1. The molecule has 110 valence electrons. The Morgan fingerprint density at radius 3 is 3.05 bits per heavy atom. The molecule has 6 nitrogen and oxygen atoms in total. The molecule has 21 heavy (non-hydrogen) atoms. The normalized spacial score (nSPS) is 17.8. The average Bonchev–Trinajstić information content (AvgIpc) is 3.18. The van der Waals surface area contributed by atoms with E-state index in [1.807, 2.05) is 16.8 Å². The van der Waals surface area contributed by atoms with Crippen LogP contribution < -0.4 is 9.47 Å². The maximum atomic E-state index is 12.2. The Labute approximate surface area is 126 Å². The van der Waals surface area contributed by atoms with Crippen LogP contribution in [-0.2, 0) is 0 Å². The lowest BCUT2D eigenvalue weighted by atomic mass is 10.3. The molecule has 0 radical (unpaired) electrons. The van der Waals surface area contributed by atoms with Gasteiger partial charge < -0.3 is 14.4 Å². The van der Waals surface area contributed by atoms with E-state index >= 15 is 0 Å². The van der Waals surface area contributed by atoms with Gasteiger partial charge in [-0.2, -0.15) is 16.3 Å². The number of hydrogen-bond acceptors (Lipinski definition) is 6. The Kier molecular flexibility index (Phi) is 4.01. The molecule has 0 N–H and O–H groups in total. The number of aromatic nitrogens is 2. The van der Waals surface area contributed by atoms with Crippen LogP contribution in [0, 0.1) is 0 Å². The number of rotatable bonds is 4. The lowest BCUT2D eigenvalue weighted by Gasteiger charge is -2.16. The summed E-state index contributed by atoms with van der Waals surface area (Å²) in [7, 11) is 1.53. The van der Waals surface area contributed by atoms with Gasteiger partial charge in [-0.15, -0.1) is 0 Å². The van der Waals surface area contributed by atoms with E-state index in [9.17, 15) is 4.79 Å². The van der Waals surface area contributed by atoms with Crippen LogP contribution in [0.25, 0.3) is 0 Å². The summed E-state index contributed by atoms with van der Waals surface area (Å²) < 4.78 is 10.8. The highest BCUT2D eigenvalue weighted by molar-refractivity contribution is 7.08. The first kappa shape index (κ1) is 13.8. The van der Waals surface area contributed by atoms with Gasteiger partial charge in [-0.1, -0.05) is 0 Å². The zero-order chi connectivity index (χ0) is 14.7. The monoisotopic (exact) mass is 305 g/mol. The quantitative estimate of drug-likeness (QED) is 0.862. The van der Waals surface area contributed by atoms with Crippen molar-refractivity contribution in [3.8, 4) is 11.8 Å². The summed E-state index contributed by atoms with van der Waals surface area (Å²) in [4.78, 5) is 22.2. The summed E-state index contributed by atoms with van der Waals surface area (Å²) in [5.74, 6) is 0.889. The Bertz CT molecular complexity index is 618. The van der Waals surface area contributed by atoms with E-state index in [-0.39, 0.29) is 12.0 Å². The minimum atomic E-state index is -0.0611. The summed E-state index contributed by atoms with van der Waals surface area (Å²) in [5.41, 5.74) is 0.738. The minimum absolute atomic E-state index is 0.0547. The molecule has 3 heterocycles. The van der Waals surface area contributed by atoms with Crippen molar-refractivity contribution in [3.63, 3.8) is 0 Å². The number of hydrogen-bond donors (Lipinski definition) is 0. The van der Waals surface area contributed by atoms with Crippen molar-refractivity contribution in [2.24, 2.45) is 0 Å². The molecule has 1 saturated heterocycles. The van der Waals surface area contributed by atoms with Gasteiger partial charge in [-0.05, 0) is 11.4 Å². The van der Waals surface area contributed by atoms with Gasteiger partial charge in [-0.25, -0.2) is 0 Å². The molecular weight excluding hydrogens is 290 g/mol. The Morgan fingerprint density at radius 1 is 1.43 bits per heavy atom. The van der Waals surface area contributed by atoms with Crippen molar-refractivity contribution in [1.82, 2.24) is 14.9 Å². The molecule has 3 rings (SSSR count). The highest BCUT2D eigenvalue weighted by Gasteiger charge is 2.28. The van der Waals surface area contributed by atoms with E-state index in [1.54, 1.807) is 11.1 Å². The second-order valence-corrected chi connectivity index (χ2v) is 5.47. The van der Waals surface area contributed by atoms with E-state index in [0.717, 1.165) is 12.0 Å². The van der Waals surface area contributed by atoms with Crippen molar-refractivity contribution in [2.45, 2.75) is 12.5 Å². The first-order chi connectivity index (χ1) is 10.3. The third-order valence-electron chi connectivity index (χ3n) is 3.29. The van der Waals surface area contributed by atoms with Crippen LogP contribution in [-0.4, -0.2) is 47.1 Å². The fourth-order valence-corrected chi connectivity index (χ4v) is 2.86. The maximum Gasteiger partial charge on any atom is 0.254 e. The molecule has 1 aliphatic rings. The SMILES string of the molecule is COc1cncc(OC2CCN(C(=O)c3ccsc3)C2)n1. The topological polar surface area (TPSA) is 64.6 Å². The van der Waals surface area contributed by atoms with E-state index in [1.165, 1.54) is 24.6 Å². The Balaban J connectivity index is 1.60. The van der Waals surface area contributed by atoms with Crippen molar-refractivity contribution < 1.29 is 14.3 Å². The number of amides is 1. The summed E-state index contributed by atoms with van der Waals surface area (Å²) in [6.07, 6.45) is 3.79. The molecule has 0 saturated carbocycles. The van der Waals surface area contributed by atoms with Crippen molar-refractivity contribution in [3.05, 3.63) is 34.8 Å². The third kappa shape index (κ3) is 3.13. The molecule has 0 aromatic carbocycles. The van der Waals surface area contributed by atoms with Gasteiger partial charge in [0, 0.05) is 18.3 Å². The largest absolute Gasteiger partial charge is 0.480 e. The molecule has 1 aliphatic heterocycles. The van der Waals surface area contributed by atoms with E-state index in [4.69, 9.17) is 9.47 Å². The summed E-state index contributed by atoms with van der Waals surface area (Å²) >= 11 is 1.52. The number of ether oxygens (including phenoxy) is 2. The maximum absolute atomic E-state index is 12.2. The molecule has 1 atom stereocenters. The predicted octanol–water partition coefficient (Wildman–Crippen LogP) is 1.84. The number of methoxy groups -OCH3 is 1. The van der Waals surface area contributed by atoms with Crippen molar-refractivity contribution in [1.29, 1.82) is 0 Å². The molecule has 2 aromatic heterocycles. The number of likely N-dealkylation sites (tertiary alicyclic amines) is 1. The Morgan fingerprint density at radius 2 is 2.29 bits per heavy atom. The zero-order valence-corrected chi connectivity index (χ0v) is 12.4. The van der Waals surface area contributed by atoms with Crippen LogP contribution >= 0.6 is 11.3 Å². The second kappa shape index (κ2) is 6.09. The van der Waals surface area contributed by atoms with Crippen molar-refractivity contribution >= 4 is 17.2 Å². The molecule has 0 aliphatic carbocycles. The van der Waals surface area contributed by atoms with Crippen LogP contribution in [0.4, 0.5) is 0 Å². The fraction of sp³-hybridized carbons (Fsp3) is 0.357. The fourth-order valence-electron chi connectivity index (χ4n) is 2.23. The summed E-state index contributed by atoms with van der Waals surface area (Å²) in [6.45, 7) is 1.25. The van der Waals surface area contributed by atoms with Crippen molar-refractivity contribution in [2.75, 3.05) is 20.2 Å². The number of nitrogens with zero attached hydrogens (tertiary/aromatic N) is 3. The summed E-state index contributed by atoms with van der Waals surface area (Å²) in [6, 6.07) is 1.84. The van der Waals surface area contributed by atoms with E-state index < -0.39 is 0 Å². The van der Waals surface area contributed by atoms with Crippen LogP contribution in [0.3, 0.4) is 0 Å². The van der Waals surface area contributed by atoms with E-state index in [0.29, 0.717) is 24.8 Å². The minimum Gasteiger partial charge on any atom is -0.480 e. The molecule has 7 heteroatoms. The molecular formula is C14H15N3O3S. The van der Waals surface area contributed by atoms with Gasteiger partial charge in [-0.3, -0.25) is 9.78 Å². The first-order valence-corrected chi connectivity index (χ1v) is 7.54. The highest BCUT2D eigenvalue weighted by atomic mass is 32.1. The highest BCUT2D eigenvalue weighted by Crippen LogP contribution is 2.20. The molecule has 1 unspecified atom stereocenters. The standard InChI is InChI=1S/C14H15N3O3S/c1-19-12-6-15-7-13(16-12)20-11-2-4-17(8-11)14(18)10-3-5-21-9-10/h3,5-7,9,11H,2,4,8H2,1H3. The number of carbonyl (C=O) groups excluding carboxylic acids is 1. The van der Waals surface area contributed by atoms with Crippen LogP contribution in [0.15, 0.2) is 29.2 Å². The van der Waals surface area contributed by atoms with Gasteiger partial charge in [0.25, 0.3) is 5.91 Å². The van der Waals surface area contributed by atoms with Gasteiger partial charge in [0.1, 0.15) is 6.10 Å². The van der Waals surface area contributed by atoms with Crippen LogP contribution in [0.5, 0.6) is 11.8 Å². The molecule has 1 amide bonds. The average molecular weight is 305 g/mol. The van der Waals surface area contributed by atoms with E-state index in [2.05, 4.69) is 9.97 Å². The van der Waals surface area contributed by atoms with Gasteiger partial charge in [0.15, 0.2) is 0 Å². The lowest BCUT2D eigenvalue weighted by Crippen LogP contribution is -2.30. The zero-order valence-electron chi connectivity index (χ0n) is 11.6. The summed E-state index contributed by atoms with van der Waals surface area (Å²) in [5, 5.41) is 3.77. The molecule has 0 spiro atoms. The van der Waals surface area contributed by atoms with Gasteiger partial charge in [0.2, 0.25) is 11.8 Å². The van der Waals surface area contributed by atoms with Gasteiger partial charge >= 0.3 is 0 Å². The smallest absolute Gasteiger partial charge is 0.254 e. The number of carbonyl (C=O) groups is 1. The Hall–Kier alpha value is -2.15. The molecule has 0 bridgehead atoms. The predicted molar refractivity (Wildman–Crippen MR) is 77.8 cm³/mol. The van der Waals surface area contributed by atoms with Crippen LogP contribution in [0.1, 0.15) is 16.8 Å². The van der Waals surface area contributed by atoms with Crippen LogP contribution in [0.2, 0.25) is 0 Å². The molecule has 1 fully saturated rings. The molecule has 2 aromatic rings. The second-order valence-electron chi connectivity index (χ2n) is 4.69.